The van der Waals surface area contributed by atoms with Gasteiger partial charge in [-0.2, -0.15) is 0 Å². The first kappa shape index (κ1) is 4.76. The summed E-state index contributed by atoms with van der Waals surface area (Å²) in [4.78, 5) is 0. The lowest BCUT2D eigenvalue weighted by Gasteiger charge is -1.96. The van der Waals surface area contributed by atoms with Crippen LogP contribution in [0.4, 0.5) is 0 Å². The fourth-order valence-corrected chi connectivity index (χ4v) is 0.704. The maximum absolute atomic E-state index is 2.22. The highest BCUT2D eigenvalue weighted by atomic mass is 13.6. The Morgan fingerprint density at radius 1 is 1.43 bits per heavy atom. The Kier molecular flexibility index (Phi) is 1.40. The van der Waals surface area contributed by atoms with Crippen molar-refractivity contribution in [2.75, 3.05) is 0 Å². The van der Waals surface area contributed by atoms with Gasteiger partial charge in [-0.15, -0.1) is 12.0 Å². The van der Waals surface area contributed by atoms with Crippen LogP contribution >= 0.6 is 0 Å². The first-order valence-corrected chi connectivity index (χ1v) is 2.73. The van der Waals surface area contributed by atoms with Crippen molar-refractivity contribution in [2.24, 2.45) is 0 Å². The summed E-state index contributed by atoms with van der Waals surface area (Å²) in [6.45, 7) is 2.99. The van der Waals surface area contributed by atoms with Crippen molar-refractivity contribution in [2.45, 2.75) is 6.82 Å². The van der Waals surface area contributed by atoms with E-state index in [0.717, 1.165) is 6.60 Å². The van der Waals surface area contributed by atoms with Gasteiger partial charge in [0.2, 0.25) is 0 Å². The van der Waals surface area contributed by atoms with Gasteiger partial charge in [0, 0.05) is 0 Å². The summed E-state index contributed by atoms with van der Waals surface area (Å²) in [5.74, 6) is 4.42. The van der Waals surface area contributed by atoms with Crippen molar-refractivity contribution in [3.05, 3.63) is 24.1 Å². The Labute approximate surface area is 45.6 Å². The Bertz CT molecular complexity index is 105. The molecule has 1 aliphatic heterocycles. The van der Waals surface area contributed by atoms with Crippen molar-refractivity contribution < 1.29 is 0 Å². The number of allylic oxidation sites excluding steroid dienone is 2. The normalized spacial score (nSPS) is 17.0. The summed E-state index contributed by atoms with van der Waals surface area (Å²) < 4.78 is 0. The fourth-order valence-electron chi connectivity index (χ4n) is 0.704. The van der Waals surface area contributed by atoms with Gasteiger partial charge in [-0.1, -0.05) is 19.0 Å². The first-order chi connectivity index (χ1) is 3.39. The lowest BCUT2D eigenvalue weighted by Crippen LogP contribution is -2.14. The SMILES string of the molecule is CB1BC=CC=C1. The molecule has 0 radical (unpaired) electrons. The van der Waals surface area contributed by atoms with E-state index in [4.69, 9.17) is 0 Å². The van der Waals surface area contributed by atoms with E-state index in [0.29, 0.717) is 0 Å². The molecule has 0 fully saturated rings. The molecule has 1 aliphatic rings. The molecule has 0 aromatic heterocycles. The van der Waals surface area contributed by atoms with Crippen molar-refractivity contribution >= 4 is 13.8 Å². The van der Waals surface area contributed by atoms with Crippen LogP contribution in [-0.2, 0) is 0 Å². The Morgan fingerprint density at radius 2 is 2.29 bits per heavy atom. The zero-order valence-corrected chi connectivity index (χ0v) is 4.59. The minimum Gasteiger partial charge on any atom is -0.127 e. The largest absolute Gasteiger partial charge is 0.133 e. The molecule has 34 valence electrons. The molecule has 2 heteroatoms. The Morgan fingerprint density at radius 3 is 2.57 bits per heavy atom. The third-order valence-corrected chi connectivity index (χ3v) is 1.19. The van der Waals surface area contributed by atoms with Crippen molar-refractivity contribution in [3.63, 3.8) is 0 Å². The van der Waals surface area contributed by atoms with Gasteiger partial charge >= 0.3 is 0 Å². The van der Waals surface area contributed by atoms with Gasteiger partial charge in [0.1, 0.15) is 13.8 Å². The van der Waals surface area contributed by atoms with E-state index in [1.807, 2.05) is 0 Å². The summed E-state index contributed by atoms with van der Waals surface area (Å²) >= 11 is 0. The minimum atomic E-state index is 0.769. The van der Waals surface area contributed by atoms with Crippen LogP contribution in [0, 0.1) is 0 Å². The predicted octanol–water partition coefficient (Wildman–Crippen LogP) is 0.667. The molecule has 0 saturated carbocycles. The molecule has 0 spiro atoms. The lowest BCUT2D eigenvalue weighted by atomic mass is 9.22. The van der Waals surface area contributed by atoms with Gasteiger partial charge in [0.05, 0.1) is 0 Å². The Balaban J connectivity index is 2.49. The van der Waals surface area contributed by atoms with E-state index in [9.17, 15) is 0 Å². The van der Waals surface area contributed by atoms with Crippen LogP contribution in [0.1, 0.15) is 0 Å². The second-order valence-electron chi connectivity index (χ2n) is 2.03. The molecule has 0 nitrogen and oxygen atoms in total. The van der Waals surface area contributed by atoms with Crippen LogP contribution in [0.15, 0.2) is 24.1 Å². The smallest absolute Gasteiger partial charge is 0.127 e. The summed E-state index contributed by atoms with van der Waals surface area (Å²) in [6, 6.07) is 0. The Hall–Kier alpha value is -0.390. The van der Waals surface area contributed by atoms with E-state index in [1.54, 1.807) is 0 Å². The monoisotopic (exact) mass is 90.1 g/mol. The zero-order chi connectivity index (χ0) is 5.11. The van der Waals surface area contributed by atoms with Gasteiger partial charge < -0.3 is 0 Å². The van der Waals surface area contributed by atoms with E-state index in [1.165, 1.54) is 7.17 Å². The standard InChI is InChI=1S/C5H8B2/c1-7-5-3-2-4-6-7/h2-6H,1H3. The fraction of sp³-hybridized carbons (Fsp3) is 0.200. The molecule has 1 heterocycles. The molecule has 0 saturated heterocycles. The van der Waals surface area contributed by atoms with Gasteiger partial charge in [-0.05, 0) is 0 Å². The molecular formula is C5H8B2. The third kappa shape index (κ3) is 1.26. The van der Waals surface area contributed by atoms with Crippen LogP contribution in [0.5, 0.6) is 0 Å². The zero-order valence-electron chi connectivity index (χ0n) is 4.59. The quantitative estimate of drug-likeness (QED) is 0.383. The van der Waals surface area contributed by atoms with Gasteiger partial charge in [-0.3, -0.25) is 0 Å². The predicted molar refractivity (Wildman–Crippen MR) is 37.0 cm³/mol. The van der Waals surface area contributed by atoms with Gasteiger partial charge in [-0.25, -0.2) is 0 Å². The summed E-state index contributed by atoms with van der Waals surface area (Å²) in [5, 5.41) is 0. The number of hydrogen-bond acceptors (Lipinski definition) is 0. The molecule has 0 N–H and O–H groups in total. The highest BCUT2D eigenvalue weighted by Crippen LogP contribution is 1.90. The topological polar surface area (TPSA) is 0 Å². The maximum Gasteiger partial charge on any atom is 0.133 e. The van der Waals surface area contributed by atoms with E-state index >= 15 is 0 Å². The highest BCUT2D eigenvalue weighted by Gasteiger charge is 2.00. The van der Waals surface area contributed by atoms with E-state index in [-0.39, 0.29) is 0 Å². The molecule has 0 unspecified atom stereocenters. The van der Waals surface area contributed by atoms with Crippen molar-refractivity contribution in [3.8, 4) is 0 Å². The van der Waals surface area contributed by atoms with Crippen LogP contribution in [-0.4, -0.2) is 13.8 Å². The number of hydrogen-bond donors (Lipinski definition) is 0. The molecule has 0 atom stereocenters. The molecule has 7 heavy (non-hydrogen) atoms. The van der Waals surface area contributed by atoms with Crippen molar-refractivity contribution in [1.29, 1.82) is 0 Å². The second-order valence-corrected chi connectivity index (χ2v) is 2.03. The van der Waals surface area contributed by atoms with Crippen LogP contribution in [0.3, 0.4) is 0 Å². The maximum atomic E-state index is 2.22. The molecule has 1 rings (SSSR count). The second kappa shape index (κ2) is 2.06. The van der Waals surface area contributed by atoms with Gasteiger partial charge in [0.15, 0.2) is 0 Å². The lowest BCUT2D eigenvalue weighted by molar-refractivity contribution is 2.00. The molecule has 0 aliphatic carbocycles. The van der Waals surface area contributed by atoms with E-state index < -0.39 is 0 Å². The molecule has 0 bridgehead atoms. The average Bonchev–Trinajstić information content (AvgIpc) is 1.69. The average molecular weight is 89.7 g/mol. The molecule has 0 aromatic rings. The summed E-state index contributed by atoms with van der Waals surface area (Å²) in [6.07, 6.45) is 4.20. The first-order valence-electron chi connectivity index (χ1n) is 2.73. The molecule has 0 amide bonds. The van der Waals surface area contributed by atoms with Gasteiger partial charge in [0.25, 0.3) is 0 Å². The van der Waals surface area contributed by atoms with Crippen LogP contribution in [0.2, 0.25) is 6.82 Å². The van der Waals surface area contributed by atoms with E-state index in [2.05, 4.69) is 30.9 Å². The van der Waals surface area contributed by atoms with Crippen LogP contribution in [0.25, 0.3) is 0 Å². The minimum absolute atomic E-state index is 0.769. The summed E-state index contributed by atoms with van der Waals surface area (Å²) in [5.41, 5.74) is 0. The molecule has 0 aromatic carbocycles. The third-order valence-electron chi connectivity index (χ3n) is 1.19. The number of rotatable bonds is 0. The van der Waals surface area contributed by atoms with Crippen molar-refractivity contribution in [1.82, 2.24) is 0 Å². The summed E-state index contributed by atoms with van der Waals surface area (Å²) in [7, 11) is 1.22. The van der Waals surface area contributed by atoms with Crippen LogP contribution < -0.4 is 0 Å². The highest BCUT2D eigenvalue weighted by molar-refractivity contribution is 7.16. The molecular weight excluding hydrogens is 81.7 g/mol.